The Bertz CT molecular complexity index is 1140. The molecule has 0 unspecified atom stereocenters. The highest BCUT2D eigenvalue weighted by molar-refractivity contribution is 7.98. The molecule has 0 fully saturated rings. The van der Waals surface area contributed by atoms with Gasteiger partial charge in [-0.15, -0.1) is 11.8 Å². The Labute approximate surface area is 177 Å². The molecule has 30 heavy (non-hydrogen) atoms. The van der Waals surface area contributed by atoms with E-state index in [1.165, 1.54) is 23.9 Å². The molecular weight excluding hydrogens is 430 g/mol. The Hall–Kier alpha value is -2.91. The van der Waals surface area contributed by atoms with Crippen LogP contribution in [0.2, 0.25) is 0 Å². The summed E-state index contributed by atoms with van der Waals surface area (Å²) in [4.78, 5) is 13.4. The molecule has 0 radical (unpaired) electrons. The Morgan fingerprint density at radius 3 is 2.17 bits per heavy atom. The molecule has 0 saturated carbocycles. The van der Waals surface area contributed by atoms with Crippen LogP contribution in [0.25, 0.3) is 0 Å². The van der Waals surface area contributed by atoms with Gasteiger partial charge in [-0.05, 0) is 73.0 Å². The zero-order valence-electron chi connectivity index (χ0n) is 15.9. The topological polar surface area (TPSA) is 66.5 Å². The van der Waals surface area contributed by atoms with Crippen molar-refractivity contribution in [3.05, 3.63) is 84.4 Å². The predicted octanol–water partition coefficient (Wildman–Crippen LogP) is 4.52. The summed E-state index contributed by atoms with van der Waals surface area (Å²) in [6.07, 6.45) is 1.90. The molecule has 0 atom stereocenters. The minimum atomic E-state index is -4.20. The van der Waals surface area contributed by atoms with Gasteiger partial charge in [0.2, 0.25) is 5.91 Å². The first-order valence-electron chi connectivity index (χ1n) is 8.77. The van der Waals surface area contributed by atoms with Crippen molar-refractivity contribution in [2.24, 2.45) is 0 Å². The Morgan fingerprint density at radius 2 is 1.57 bits per heavy atom. The summed E-state index contributed by atoms with van der Waals surface area (Å²) < 4.78 is 53.7. The average molecular weight is 449 g/mol. The molecule has 3 rings (SSSR count). The van der Waals surface area contributed by atoms with Gasteiger partial charge >= 0.3 is 0 Å². The number of amides is 1. The molecule has 0 aliphatic rings. The minimum Gasteiger partial charge on any atom is -0.324 e. The fourth-order valence-corrected chi connectivity index (χ4v) is 4.57. The van der Waals surface area contributed by atoms with Crippen LogP contribution in [0.4, 0.5) is 20.2 Å². The maximum absolute atomic E-state index is 13.3. The van der Waals surface area contributed by atoms with Crippen molar-refractivity contribution in [1.29, 1.82) is 0 Å². The highest BCUT2D eigenvalue weighted by Crippen LogP contribution is 2.25. The number of carbonyl (C=O) groups excluding carboxylic acids is 1. The van der Waals surface area contributed by atoms with Crippen LogP contribution in [-0.2, 0) is 14.8 Å². The molecule has 1 N–H and O–H groups in total. The van der Waals surface area contributed by atoms with Gasteiger partial charge in [-0.1, -0.05) is 6.07 Å². The number of rotatable bonds is 7. The Kier molecular flexibility index (Phi) is 6.73. The number of benzene rings is 3. The fourth-order valence-electron chi connectivity index (χ4n) is 2.69. The molecule has 0 spiro atoms. The molecule has 3 aromatic rings. The van der Waals surface area contributed by atoms with E-state index in [1.54, 1.807) is 18.2 Å². The van der Waals surface area contributed by atoms with Gasteiger partial charge in [0.25, 0.3) is 10.0 Å². The van der Waals surface area contributed by atoms with E-state index in [-0.39, 0.29) is 10.6 Å². The van der Waals surface area contributed by atoms with Crippen LogP contribution in [0.3, 0.4) is 0 Å². The van der Waals surface area contributed by atoms with Crippen molar-refractivity contribution in [2.75, 3.05) is 22.4 Å². The van der Waals surface area contributed by atoms with Crippen molar-refractivity contribution >= 4 is 39.1 Å². The first kappa shape index (κ1) is 21.8. The number of nitrogens with one attached hydrogen (secondary N) is 1. The van der Waals surface area contributed by atoms with Gasteiger partial charge < -0.3 is 5.32 Å². The van der Waals surface area contributed by atoms with Gasteiger partial charge in [0.05, 0.1) is 10.6 Å². The lowest BCUT2D eigenvalue weighted by atomic mass is 10.3. The zero-order valence-corrected chi connectivity index (χ0v) is 17.5. The molecule has 9 heteroatoms. The maximum Gasteiger partial charge on any atom is 0.264 e. The van der Waals surface area contributed by atoms with Crippen molar-refractivity contribution < 1.29 is 22.0 Å². The van der Waals surface area contributed by atoms with Crippen LogP contribution in [0.5, 0.6) is 0 Å². The normalized spacial score (nSPS) is 11.2. The summed E-state index contributed by atoms with van der Waals surface area (Å²) >= 11 is 1.50. The largest absolute Gasteiger partial charge is 0.324 e. The molecule has 0 aromatic heterocycles. The SMILES string of the molecule is CSc1cccc(NC(=O)CN(c2ccc(F)cc2)S(=O)(=O)c2ccc(F)cc2)c1. The van der Waals surface area contributed by atoms with E-state index in [2.05, 4.69) is 5.32 Å². The highest BCUT2D eigenvalue weighted by atomic mass is 32.2. The Balaban J connectivity index is 1.92. The molecular formula is C21H18F2N2O3S2. The van der Waals surface area contributed by atoms with Gasteiger partial charge in [-0.2, -0.15) is 0 Å². The highest BCUT2D eigenvalue weighted by Gasteiger charge is 2.27. The number of thioether (sulfide) groups is 1. The van der Waals surface area contributed by atoms with Crippen LogP contribution in [0.15, 0.2) is 82.6 Å². The predicted molar refractivity (Wildman–Crippen MR) is 114 cm³/mol. The van der Waals surface area contributed by atoms with Crippen molar-refractivity contribution in [2.45, 2.75) is 9.79 Å². The third kappa shape index (κ3) is 5.17. The van der Waals surface area contributed by atoms with E-state index >= 15 is 0 Å². The molecule has 1 amide bonds. The summed E-state index contributed by atoms with van der Waals surface area (Å²) in [5.41, 5.74) is 0.624. The lowest BCUT2D eigenvalue weighted by Crippen LogP contribution is -2.38. The summed E-state index contributed by atoms with van der Waals surface area (Å²) in [6, 6.07) is 16.1. The van der Waals surface area contributed by atoms with Gasteiger partial charge in [0, 0.05) is 10.6 Å². The van der Waals surface area contributed by atoms with E-state index in [4.69, 9.17) is 0 Å². The molecule has 5 nitrogen and oxygen atoms in total. The van der Waals surface area contributed by atoms with Gasteiger partial charge in [-0.25, -0.2) is 17.2 Å². The number of carbonyl (C=O) groups is 1. The maximum atomic E-state index is 13.3. The van der Waals surface area contributed by atoms with Crippen LogP contribution >= 0.6 is 11.8 Å². The van der Waals surface area contributed by atoms with Crippen LogP contribution in [0, 0.1) is 11.6 Å². The molecule has 3 aromatic carbocycles. The Morgan fingerprint density at radius 1 is 0.967 bits per heavy atom. The van der Waals surface area contributed by atoms with E-state index in [1.807, 2.05) is 12.3 Å². The molecule has 0 heterocycles. The van der Waals surface area contributed by atoms with Crippen molar-refractivity contribution in [3.63, 3.8) is 0 Å². The van der Waals surface area contributed by atoms with Crippen molar-refractivity contribution in [1.82, 2.24) is 0 Å². The molecule has 0 bridgehead atoms. The molecule has 0 saturated heterocycles. The van der Waals surface area contributed by atoms with E-state index in [0.29, 0.717) is 5.69 Å². The quantitative estimate of drug-likeness (QED) is 0.540. The third-order valence-electron chi connectivity index (χ3n) is 4.16. The summed E-state index contributed by atoms with van der Waals surface area (Å²) in [7, 11) is -4.20. The monoisotopic (exact) mass is 448 g/mol. The number of hydrogen-bond donors (Lipinski definition) is 1. The van der Waals surface area contributed by atoms with Gasteiger partial charge in [-0.3, -0.25) is 9.10 Å². The second-order valence-electron chi connectivity index (χ2n) is 6.22. The number of hydrogen-bond acceptors (Lipinski definition) is 4. The third-order valence-corrected chi connectivity index (χ3v) is 6.67. The zero-order chi connectivity index (χ0) is 21.7. The second kappa shape index (κ2) is 9.27. The number of sulfonamides is 1. The van der Waals surface area contributed by atoms with E-state index < -0.39 is 34.1 Å². The minimum absolute atomic E-state index is 0.105. The van der Waals surface area contributed by atoms with Crippen LogP contribution < -0.4 is 9.62 Å². The molecule has 156 valence electrons. The lowest BCUT2D eigenvalue weighted by Gasteiger charge is -2.24. The van der Waals surface area contributed by atoms with E-state index in [0.717, 1.165) is 45.6 Å². The molecule has 0 aliphatic carbocycles. The van der Waals surface area contributed by atoms with Gasteiger partial charge in [0.15, 0.2) is 0 Å². The lowest BCUT2D eigenvalue weighted by molar-refractivity contribution is -0.114. The standard InChI is InChI=1S/C21H18F2N2O3S2/c1-29-19-4-2-3-17(13-19)24-21(26)14-25(18-9-5-15(22)6-10-18)30(27,28)20-11-7-16(23)8-12-20/h2-13H,14H2,1H3,(H,24,26). The van der Waals surface area contributed by atoms with Crippen molar-refractivity contribution in [3.8, 4) is 0 Å². The first-order valence-corrected chi connectivity index (χ1v) is 11.4. The summed E-state index contributed by atoms with van der Waals surface area (Å²) in [6.45, 7) is -0.547. The fraction of sp³-hybridized carbons (Fsp3) is 0.0952. The summed E-state index contributed by atoms with van der Waals surface area (Å²) in [5.74, 6) is -1.71. The number of halogens is 2. The summed E-state index contributed by atoms with van der Waals surface area (Å²) in [5, 5.41) is 2.67. The second-order valence-corrected chi connectivity index (χ2v) is 8.96. The number of nitrogens with zero attached hydrogens (tertiary/aromatic N) is 1. The molecule has 0 aliphatic heterocycles. The van der Waals surface area contributed by atoms with E-state index in [9.17, 15) is 22.0 Å². The van der Waals surface area contributed by atoms with Gasteiger partial charge in [0.1, 0.15) is 18.2 Å². The number of anilines is 2. The average Bonchev–Trinajstić information content (AvgIpc) is 2.73. The smallest absolute Gasteiger partial charge is 0.264 e. The van der Waals surface area contributed by atoms with Crippen LogP contribution in [-0.4, -0.2) is 27.1 Å². The first-order chi connectivity index (χ1) is 14.3. The van der Waals surface area contributed by atoms with Crippen LogP contribution in [0.1, 0.15) is 0 Å².